The van der Waals surface area contributed by atoms with Crippen LogP contribution in [0.15, 0.2) is 18.2 Å². The number of ether oxygens (including phenoxy) is 1. The van der Waals surface area contributed by atoms with E-state index in [0.29, 0.717) is 6.61 Å². The maximum absolute atomic E-state index is 5.95. The van der Waals surface area contributed by atoms with Gasteiger partial charge in [-0.05, 0) is 43.9 Å². The minimum Gasteiger partial charge on any atom is -0.494 e. The molecule has 1 aromatic rings. The summed E-state index contributed by atoms with van der Waals surface area (Å²) >= 11 is 0. The van der Waals surface area contributed by atoms with E-state index in [0.717, 1.165) is 18.6 Å². The number of nitrogens with two attached hydrogens (primary N) is 1. The summed E-state index contributed by atoms with van der Waals surface area (Å²) in [6.45, 7) is 6.90. The second kappa shape index (κ2) is 7.53. The normalized spacial score (nSPS) is 11.8. The highest BCUT2D eigenvalue weighted by molar-refractivity contribution is 5.85. The first-order valence-corrected chi connectivity index (χ1v) is 5.65. The Kier molecular flexibility index (Phi) is 7.18. The lowest BCUT2D eigenvalue weighted by Gasteiger charge is -2.14. The number of rotatable bonds is 5. The van der Waals surface area contributed by atoms with Gasteiger partial charge in [-0.3, -0.25) is 0 Å². The van der Waals surface area contributed by atoms with Gasteiger partial charge in [0.15, 0.2) is 0 Å². The van der Waals surface area contributed by atoms with Gasteiger partial charge < -0.3 is 10.5 Å². The van der Waals surface area contributed by atoms with E-state index in [-0.39, 0.29) is 18.4 Å². The molecule has 16 heavy (non-hydrogen) atoms. The molecule has 1 rings (SSSR count). The molecule has 92 valence electrons. The predicted octanol–water partition coefficient (Wildman–Crippen LogP) is 3.10. The summed E-state index contributed by atoms with van der Waals surface area (Å²) in [5.41, 5.74) is 8.40. The first kappa shape index (κ1) is 15.3. The van der Waals surface area contributed by atoms with Crippen molar-refractivity contribution in [2.75, 3.05) is 6.61 Å². The lowest BCUT2D eigenvalue weighted by atomic mass is 10.0. The van der Waals surface area contributed by atoms with Crippen LogP contribution >= 0.6 is 12.4 Å². The van der Waals surface area contributed by atoms with E-state index >= 15 is 0 Å². The van der Waals surface area contributed by atoms with Crippen LogP contribution in [0.1, 0.15) is 31.4 Å². The zero-order valence-electron chi connectivity index (χ0n) is 10.3. The van der Waals surface area contributed by atoms with Crippen molar-refractivity contribution in [2.24, 2.45) is 5.73 Å². The molecule has 0 heterocycles. The fourth-order valence-electron chi connectivity index (χ4n) is 1.55. The molecule has 0 aliphatic carbocycles. The third kappa shape index (κ3) is 4.42. The van der Waals surface area contributed by atoms with Gasteiger partial charge in [-0.25, -0.2) is 0 Å². The monoisotopic (exact) mass is 243 g/mol. The van der Waals surface area contributed by atoms with Crippen LogP contribution < -0.4 is 10.5 Å². The fourth-order valence-corrected chi connectivity index (χ4v) is 1.55. The molecule has 1 atom stereocenters. The van der Waals surface area contributed by atoms with Gasteiger partial charge in [-0.15, -0.1) is 12.4 Å². The van der Waals surface area contributed by atoms with Gasteiger partial charge in [0, 0.05) is 6.04 Å². The van der Waals surface area contributed by atoms with Crippen LogP contribution in [-0.2, 0) is 6.42 Å². The summed E-state index contributed by atoms with van der Waals surface area (Å²) in [4.78, 5) is 0. The zero-order chi connectivity index (χ0) is 11.3. The Labute approximate surface area is 105 Å². The van der Waals surface area contributed by atoms with Gasteiger partial charge in [0.1, 0.15) is 5.75 Å². The van der Waals surface area contributed by atoms with Crippen molar-refractivity contribution in [3.63, 3.8) is 0 Å². The first-order chi connectivity index (χ1) is 7.17. The van der Waals surface area contributed by atoms with E-state index in [4.69, 9.17) is 10.5 Å². The number of hydrogen-bond donors (Lipinski definition) is 1. The standard InChI is InChI=1S/C13H21NO.ClH/c1-4-12(14)9-11-7-6-10(3)8-13(11)15-5-2;/h6-8,12H,4-5,9,14H2,1-3H3;1H. The Morgan fingerprint density at radius 3 is 2.56 bits per heavy atom. The molecule has 0 aliphatic heterocycles. The summed E-state index contributed by atoms with van der Waals surface area (Å²) in [7, 11) is 0. The third-order valence-electron chi connectivity index (χ3n) is 2.53. The van der Waals surface area contributed by atoms with Crippen molar-refractivity contribution in [3.05, 3.63) is 29.3 Å². The minimum absolute atomic E-state index is 0. The quantitative estimate of drug-likeness (QED) is 0.863. The molecule has 0 amide bonds. The maximum Gasteiger partial charge on any atom is 0.122 e. The van der Waals surface area contributed by atoms with E-state index in [1.807, 2.05) is 6.92 Å². The Morgan fingerprint density at radius 1 is 1.31 bits per heavy atom. The van der Waals surface area contributed by atoms with Gasteiger partial charge in [0.2, 0.25) is 0 Å². The summed E-state index contributed by atoms with van der Waals surface area (Å²) in [6, 6.07) is 6.55. The van der Waals surface area contributed by atoms with E-state index in [1.54, 1.807) is 0 Å². The second-order valence-electron chi connectivity index (χ2n) is 3.92. The number of aryl methyl sites for hydroxylation is 1. The Balaban J connectivity index is 0.00000225. The minimum atomic E-state index is 0. The van der Waals surface area contributed by atoms with E-state index in [1.165, 1.54) is 11.1 Å². The summed E-state index contributed by atoms with van der Waals surface area (Å²) < 4.78 is 5.61. The van der Waals surface area contributed by atoms with Crippen molar-refractivity contribution in [2.45, 2.75) is 39.7 Å². The highest BCUT2D eigenvalue weighted by atomic mass is 35.5. The molecule has 0 radical (unpaired) electrons. The van der Waals surface area contributed by atoms with E-state index in [9.17, 15) is 0 Å². The molecule has 2 nitrogen and oxygen atoms in total. The Hall–Kier alpha value is -0.730. The second-order valence-corrected chi connectivity index (χ2v) is 3.92. The summed E-state index contributed by atoms with van der Waals surface area (Å²) in [5, 5.41) is 0. The fraction of sp³-hybridized carbons (Fsp3) is 0.538. The molecule has 3 heteroatoms. The average Bonchev–Trinajstić information content (AvgIpc) is 2.22. The lowest BCUT2D eigenvalue weighted by Crippen LogP contribution is -2.21. The van der Waals surface area contributed by atoms with E-state index in [2.05, 4.69) is 32.0 Å². The molecule has 0 saturated carbocycles. The van der Waals surface area contributed by atoms with Crippen LogP contribution in [0, 0.1) is 6.92 Å². The van der Waals surface area contributed by atoms with Crippen LogP contribution in [0.2, 0.25) is 0 Å². The summed E-state index contributed by atoms with van der Waals surface area (Å²) in [6.07, 6.45) is 1.89. The van der Waals surface area contributed by atoms with Crippen molar-refractivity contribution < 1.29 is 4.74 Å². The predicted molar refractivity (Wildman–Crippen MR) is 71.6 cm³/mol. The van der Waals surface area contributed by atoms with Crippen LogP contribution in [0.25, 0.3) is 0 Å². The molecule has 2 N–H and O–H groups in total. The topological polar surface area (TPSA) is 35.2 Å². The van der Waals surface area contributed by atoms with Crippen molar-refractivity contribution in [1.29, 1.82) is 0 Å². The SMILES string of the molecule is CCOc1cc(C)ccc1CC(N)CC.Cl. The molecule has 1 aromatic carbocycles. The molecule has 0 bridgehead atoms. The van der Waals surface area contributed by atoms with Crippen LogP contribution in [0.5, 0.6) is 5.75 Å². The van der Waals surface area contributed by atoms with E-state index < -0.39 is 0 Å². The lowest BCUT2D eigenvalue weighted by molar-refractivity contribution is 0.335. The molecular formula is C13H22ClNO. The molecule has 0 spiro atoms. The first-order valence-electron chi connectivity index (χ1n) is 5.65. The molecule has 0 aromatic heterocycles. The van der Waals surface area contributed by atoms with Crippen molar-refractivity contribution >= 4 is 12.4 Å². The smallest absolute Gasteiger partial charge is 0.122 e. The molecular weight excluding hydrogens is 222 g/mol. The van der Waals surface area contributed by atoms with Crippen molar-refractivity contribution in [1.82, 2.24) is 0 Å². The molecule has 0 saturated heterocycles. The van der Waals surface area contributed by atoms with Crippen molar-refractivity contribution in [3.8, 4) is 5.75 Å². The third-order valence-corrected chi connectivity index (χ3v) is 2.53. The van der Waals surface area contributed by atoms with Gasteiger partial charge in [0.05, 0.1) is 6.61 Å². The molecule has 0 aliphatic rings. The molecule has 1 unspecified atom stereocenters. The largest absolute Gasteiger partial charge is 0.494 e. The number of benzene rings is 1. The summed E-state index contributed by atoms with van der Waals surface area (Å²) in [5.74, 6) is 0.987. The highest BCUT2D eigenvalue weighted by Gasteiger charge is 2.07. The average molecular weight is 244 g/mol. The van der Waals surface area contributed by atoms with Gasteiger partial charge in [-0.2, -0.15) is 0 Å². The Morgan fingerprint density at radius 2 is 2.00 bits per heavy atom. The Bertz CT molecular complexity index is 315. The highest BCUT2D eigenvalue weighted by Crippen LogP contribution is 2.21. The maximum atomic E-state index is 5.95. The van der Waals surface area contributed by atoms with Crippen LogP contribution in [0.3, 0.4) is 0 Å². The zero-order valence-corrected chi connectivity index (χ0v) is 11.1. The molecule has 0 fully saturated rings. The van der Waals surface area contributed by atoms with Gasteiger partial charge in [0.25, 0.3) is 0 Å². The van der Waals surface area contributed by atoms with Gasteiger partial charge >= 0.3 is 0 Å². The van der Waals surface area contributed by atoms with Gasteiger partial charge in [-0.1, -0.05) is 19.1 Å². The number of hydrogen-bond acceptors (Lipinski definition) is 2. The van der Waals surface area contributed by atoms with Crippen LogP contribution in [0.4, 0.5) is 0 Å². The number of halogens is 1. The van der Waals surface area contributed by atoms with Crippen LogP contribution in [-0.4, -0.2) is 12.6 Å².